The van der Waals surface area contributed by atoms with Crippen LogP contribution in [-0.2, 0) is 4.79 Å². The van der Waals surface area contributed by atoms with Crippen molar-refractivity contribution in [2.24, 2.45) is 0 Å². The molecule has 3 rings (SSSR count). The number of hydrogen-bond acceptors (Lipinski definition) is 6. The Balaban J connectivity index is 1.61. The van der Waals surface area contributed by atoms with Gasteiger partial charge in [-0.2, -0.15) is 0 Å². The Kier molecular flexibility index (Phi) is 5.98. The minimum atomic E-state index is -0.240. The zero-order chi connectivity index (χ0) is 18.7. The van der Waals surface area contributed by atoms with Gasteiger partial charge in [0.2, 0.25) is 11.8 Å². The van der Waals surface area contributed by atoms with Crippen LogP contribution in [0.25, 0.3) is 11.5 Å². The smallest absolute Gasteiger partial charge is 0.277 e. The molecule has 1 atom stereocenters. The van der Waals surface area contributed by atoms with Gasteiger partial charge >= 0.3 is 0 Å². The molecule has 1 saturated heterocycles. The van der Waals surface area contributed by atoms with E-state index in [9.17, 15) is 4.79 Å². The summed E-state index contributed by atoms with van der Waals surface area (Å²) in [6.07, 6.45) is 0. The lowest BCUT2D eigenvalue weighted by Gasteiger charge is -2.35. The van der Waals surface area contributed by atoms with E-state index in [0.717, 1.165) is 38.3 Å². The number of carbonyl (C=O) groups excluding carboxylic acids is 1. The molecule has 26 heavy (non-hydrogen) atoms. The predicted molar refractivity (Wildman–Crippen MR) is 103 cm³/mol. The van der Waals surface area contributed by atoms with Crippen molar-refractivity contribution in [3.8, 4) is 11.5 Å². The van der Waals surface area contributed by atoms with E-state index in [-0.39, 0.29) is 11.2 Å². The zero-order valence-electron chi connectivity index (χ0n) is 15.9. The van der Waals surface area contributed by atoms with Crippen molar-refractivity contribution in [2.75, 3.05) is 32.7 Å². The second kappa shape index (κ2) is 8.22. The molecular formula is C19H26N4O2S. The molecule has 2 aromatic rings. The van der Waals surface area contributed by atoms with Crippen molar-refractivity contribution in [3.63, 3.8) is 0 Å². The second-order valence-electron chi connectivity index (χ2n) is 6.69. The molecule has 1 aromatic heterocycles. The van der Waals surface area contributed by atoms with Crippen LogP contribution in [0, 0.1) is 13.8 Å². The van der Waals surface area contributed by atoms with Gasteiger partial charge in [-0.05, 0) is 50.6 Å². The van der Waals surface area contributed by atoms with Crippen LogP contribution in [0.5, 0.6) is 0 Å². The van der Waals surface area contributed by atoms with Gasteiger partial charge < -0.3 is 14.2 Å². The largest absolute Gasteiger partial charge is 0.411 e. The first-order chi connectivity index (χ1) is 12.5. The van der Waals surface area contributed by atoms with Crippen LogP contribution in [-0.4, -0.2) is 63.9 Å². The van der Waals surface area contributed by atoms with E-state index in [2.05, 4.69) is 35.9 Å². The Bertz CT molecular complexity index is 769. The monoisotopic (exact) mass is 374 g/mol. The first kappa shape index (κ1) is 18.9. The van der Waals surface area contributed by atoms with E-state index in [4.69, 9.17) is 4.42 Å². The molecule has 0 bridgehead atoms. The van der Waals surface area contributed by atoms with E-state index in [1.807, 2.05) is 30.0 Å². The normalized spacial score (nSPS) is 16.7. The summed E-state index contributed by atoms with van der Waals surface area (Å²) in [5.41, 5.74) is 3.32. The highest BCUT2D eigenvalue weighted by molar-refractivity contribution is 8.00. The predicted octanol–water partition coefficient (Wildman–Crippen LogP) is 3.00. The Morgan fingerprint density at radius 1 is 1.19 bits per heavy atom. The number of aryl methyl sites for hydroxylation is 2. The lowest BCUT2D eigenvalue weighted by atomic mass is 10.1. The molecular weight excluding hydrogens is 348 g/mol. The first-order valence-electron chi connectivity index (χ1n) is 9.07. The topological polar surface area (TPSA) is 62.5 Å². The third-order valence-corrected chi connectivity index (χ3v) is 5.84. The number of hydrogen-bond donors (Lipinski definition) is 0. The number of amides is 1. The van der Waals surface area contributed by atoms with Crippen molar-refractivity contribution in [1.29, 1.82) is 0 Å². The summed E-state index contributed by atoms with van der Waals surface area (Å²) >= 11 is 1.33. The number of carbonyl (C=O) groups is 1. The summed E-state index contributed by atoms with van der Waals surface area (Å²) in [5, 5.41) is 8.44. The third-order valence-electron chi connectivity index (χ3n) is 4.92. The van der Waals surface area contributed by atoms with Crippen molar-refractivity contribution < 1.29 is 9.21 Å². The zero-order valence-corrected chi connectivity index (χ0v) is 16.7. The summed E-state index contributed by atoms with van der Waals surface area (Å²) in [5.74, 6) is 0.628. The van der Waals surface area contributed by atoms with Crippen LogP contribution in [0.15, 0.2) is 27.8 Å². The third kappa shape index (κ3) is 4.27. The van der Waals surface area contributed by atoms with Gasteiger partial charge in [-0.25, -0.2) is 0 Å². The van der Waals surface area contributed by atoms with Gasteiger partial charge in [0.05, 0.1) is 5.25 Å². The van der Waals surface area contributed by atoms with Crippen LogP contribution < -0.4 is 0 Å². The van der Waals surface area contributed by atoms with Gasteiger partial charge in [-0.3, -0.25) is 4.79 Å². The van der Waals surface area contributed by atoms with Gasteiger partial charge in [0.25, 0.3) is 5.22 Å². The second-order valence-corrected chi connectivity index (χ2v) is 7.98. The summed E-state index contributed by atoms with van der Waals surface area (Å²) in [6, 6.07) is 6.06. The van der Waals surface area contributed by atoms with Crippen LogP contribution in [0.1, 0.15) is 25.0 Å². The number of piperazine rings is 1. The van der Waals surface area contributed by atoms with Crippen molar-refractivity contribution >= 4 is 17.7 Å². The fourth-order valence-corrected chi connectivity index (χ4v) is 3.76. The lowest BCUT2D eigenvalue weighted by molar-refractivity contribution is -0.132. The molecule has 1 aliphatic heterocycles. The average Bonchev–Trinajstić information content (AvgIpc) is 3.12. The number of likely N-dealkylation sites (N-methyl/N-ethyl adjacent to an activating group) is 1. The molecule has 0 N–H and O–H groups in total. The molecule has 0 aliphatic carbocycles. The molecule has 0 spiro atoms. The van der Waals surface area contributed by atoms with Crippen LogP contribution >= 0.6 is 11.8 Å². The minimum Gasteiger partial charge on any atom is -0.411 e. The molecule has 0 saturated carbocycles. The van der Waals surface area contributed by atoms with Crippen LogP contribution in [0.3, 0.4) is 0 Å². The molecule has 0 radical (unpaired) electrons. The number of rotatable bonds is 5. The summed E-state index contributed by atoms with van der Waals surface area (Å²) < 4.78 is 5.77. The Labute approximate surface area is 159 Å². The van der Waals surface area contributed by atoms with E-state index < -0.39 is 0 Å². The van der Waals surface area contributed by atoms with Crippen molar-refractivity contribution in [1.82, 2.24) is 20.0 Å². The van der Waals surface area contributed by atoms with Gasteiger partial charge in [0.1, 0.15) is 0 Å². The van der Waals surface area contributed by atoms with E-state index in [1.54, 1.807) is 0 Å². The minimum absolute atomic E-state index is 0.136. The lowest BCUT2D eigenvalue weighted by Crippen LogP contribution is -2.50. The van der Waals surface area contributed by atoms with Crippen LogP contribution in [0.4, 0.5) is 0 Å². The molecule has 0 unspecified atom stereocenters. The van der Waals surface area contributed by atoms with Crippen LogP contribution in [0.2, 0.25) is 0 Å². The van der Waals surface area contributed by atoms with Crippen molar-refractivity contribution in [2.45, 2.75) is 38.2 Å². The molecule has 1 fully saturated rings. The fraction of sp³-hybridized carbons (Fsp3) is 0.526. The average molecular weight is 375 g/mol. The van der Waals surface area contributed by atoms with E-state index in [0.29, 0.717) is 11.1 Å². The maximum Gasteiger partial charge on any atom is 0.277 e. The van der Waals surface area contributed by atoms with Gasteiger partial charge in [0.15, 0.2) is 0 Å². The van der Waals surface area contributed by atoms with Crippen molar-refractivity contribution in [3.05, 3.63) is 29.3 Å². The number of benzene rings is 1. The number of thioether (sulfide) groups is 1. The highest BCUT2D eigenvalue weighted by Crippen LogP contribution is 2.28. The SMILES string of the molecule is CCN1CCN(C(=O)[C@@H](C)Sc2nnc(-c3ccc(C)c(C)c3)o2)CC1. The highest BCUT2D eigenvalue weighted by atomic mass is 32.2. The molecule has 1 aliphatic rings. The molecule has 1 amide bonds. The summed E-state index contributed by atoms with van der Waals surface area (Å²) in [7, 11) is 0. The molecule has 1 aromatic carbocycles. The molecule has 2 heterocycles. The maximum atomic E-state index is 12.7. The fourth-order valence-electron chi connectivity index (χ4n) is 2.99. The standard InChI is InChI=1S/C19H26N4O2S/c1-5-22-8-10-23(11-9-22)18(24)15(4)26-19-21-20-17(25-19)16-7-6-13(2)14(3)12-16/h6-7,12,15H,5,8-11H2,1-4H3/t15-/m1/s1. The summed E-state index contributed by atoms with van der Waals surface area (Å²) in [6.45, 7) is 12.7. The quantitative estimate of drug-likeness (QED) is 0.750. The van der Waals surface area contributed by atoms with Gasteiger partial charge in [-0.1, -0.05) is 24.8 Å². The Morgan fingerprint density at radius 2 is 1.92 bits per heavy atom. The van der Waals surface area contributed by atoms with Gasteiger partial charge in [-0.15, -0.1) is 10.2 Å². The van der Waals surface area contributed by atoms with E-state index >= 15 is 0 Å². The first-order valence-corrected chi connectivity index (χ1v) is 9.94. The number of aromatic nitrogens is 2. The summed E-state index contributed by atoms with van der Waals surface area (Å²) in [4.78, 5) is 16.9. The van der Waals surface area contributed by atoms with E-state index in [1.165, 1.54) is 22.9 Å². The maximum absolute atomic E-state index is 12.7. The number of nitrogens with zero attached hydrogens (tertiary/aromatic N) is 4. The molecule has 7 heteroatoms. The highest BCUT2D eigenvalue weighted by Gasteiger charge is 2.26. The molecule has 140 valence electrons. The van der Waals surface area contributed by atoms with Gasteiger partial charge in [0, 0.05) is 31.7 Å². The molecule has 6 nitrogen and oxygen atoms in total. The Hall–Kier alpha value is -1.86. The Morgan fingerprint density at radius 3 is 2.58 bits per heavy atom.